The van der Waals surface area contributed by atoms with Crippen LogP contribution in [0.3, 0.4) is 0 Å². The van der Waals surface area contributed by atoms with Gasteiger partial charge in [-0.25, -0.2) is 0 Å². The number of halogens is 2. The lowest BCUT2D eigenvalue weighted by atomic mass is 9.78. The molecule has 0 unspecified atom stereocenters. The summed E-state index contributed by atoms with van der Waals surface area (Å²) in [4.78, 5) is 0. The van der Waals surface area contributed by atoms with Crippen molar-refractivity contribution < 1.29 is 0 Å². The van der Waals surface area contributed by atoms with Gasteiger partial charge in [-0.05, 0) is 30.5 Å². The van der Waals surface area contributed by atoms with E-state index in [0.29, 0.717) is 0 Å². The van der Waals surface area contributed by atoms with Gasteiger partial charge in [-0.15, -0.1) is 12.4 Å². The molecule has 1 fully saturated rings. The van der Waals surface area contributed by atoms with Crippen LogP contribution in [0.2, 0.25) is 5.02 Å². The Morgan fingerprint density at radius 3 is 2.44 bits per heavy atom. The molecule has 88 valence electrons. The number of nitrogens with two attached hydrogens (primary N) is 1. The van der Waals surface area contributed by atoms with Crippen molar-refractivity contribution in [2.45, 2.75) is 31.1 Å². The van der Waals surface area contributed by atoms with E-state index in [4.69, 9.17) is 22.7 Å². The molecule has 0 bridgehead atoms. The van der Waals surface area contributed by atoms with Crippen LogP contribution in [0.5, 0.6) is 0 Å². The van der Waals surface area contributed by atoms with E-state index < -0.39 is 0 Å². The van der Waals surface area contributed by atoms with Crippen LogP contribution in [0.25, 0.3) is 0 Å². The summed E-state index contributed by atoms with van der Waals surface area (Å²) in [5.74, 6) is 0.280. The zero-order valence-electron chi connectivity index (χ0n) is 9.00. The van der Waals surface area contributed by atoms with Gasteiger partial charge in [-0.3, -0.25) is 5.41 Å². The largest absolute Gasteiger partial charge is 0.387 e. The van der Waals surface area contributed by atoms with Gasteiger partial charge >= 0.3 is 0 Å². The lowest BCUT2D eigenvalue weighted by molar-refractivity contribution is 0.590. The molecule has 4 heteroatoms. The number of hydrogen-bond donors (Lipinski definition) is 2. The highest BCUT2D eigenvalue weighted by molar-refractivity contribution is 6.30. The van der Waals surface area contributed by atoms with Crippen molar-refractivity contribution in [3.63, 3.8) is 0 Å². The van der Waals surface area contributed by atoms with Crippen molar-refractivity contribution >= 4 is 29.8 Å². The van der Waals surface area contributed by atoms with Crippen LogP contribution >= 0.6 is 24.0 Å². The lowest BCUT2D eigenvalue weighted by Gasteiger charge is -2.28. The smallest absolute Gasteiger partial charge is 0.101 e. The van der Waals surface area contributed by atoms with E-state index in [1.807, 2.05) is 24.3 Å². The Bertz CT molecular complexity index is 384. The van der Waals surface area contributed by atoms with E-state index in [-0.39, 0.29) is 23.7 Å². The monoisotopic (exact) mass is 258 g/mol. The van der Waals surface area contributed by atoms with Crippen molar-refractivity contribution in [3.05, 3.63) is 34.9 Å². The molecule has 1 aromatic rings. The number of rotatable bonds is 2. The second kappa shape index (κ2) is 5.07. The standard InChI is InChI=1S/C12H15ClN2.ClH/c13-10-5-3-4-9(8-10)12(11(14)15)6-1-2-7-12;/h3-5,8H,1-2,6-7H2,(H3,14,15);1H. The molecule has 2 nitrogen and oxygen atoms in total. The average molecular weight is 259 g/mol. The Morgan fingerprint density at radius 1 is 1.31 bits per heavy atom. The van der Waals surface area contributed by atoms with Gasteiger partial charge < -0.3 is 5.73 Å². The summed E-state index contributed by atoms with van der Waals surface area (Å²) in [7, 11) is 0. The molecule has 0 aliphatic heterocycles. The van der Waals surface area contributed by atoms with E-state index in [0.717, 1.165) is 36.3 Å². The first kappa shape index (κ1) is 13.3. The summed E-state index contributed by atoms with van der Waals surface area (Å²) in [5, 5.41) is 8.50. The summed E-state index contributed by atoms with van der Waals surface area (Å²) >= 11 is 5.98. The lowest BCUT2D eigenvalue weighted by Crippen LogP contribution is -2.38. The van der Waals surface area contributed by atoms with Crippen molar-refractivity contribution in [2.24, 2.45) is 5.73 Å². The molecule has 2 rings (SSSR count). The van der Waals surface area contributed by atoms with Gasteiger partial charge in [0.25, 0.3) is 0 Å². The van der Waals surface area contributed by atoms with Crippen LogP contribution in [-0.2, 0) is 5.41 Å². The third-order valence-electron chi connectivity index (χ3n) is 3.35. The molecular formula is C12H16Cl2N2. The molecule has 16 heavy (non-hydrogen) atoms. The molecule has 1 aliphatic rings. The molecule has 0 heterocycles. The summed E-state index contributed by atoms with van der Waals surface area (Å²) in [6, 6.07) is 7.75. The van der Waals surface area contributed by atoms with Gasteiger partial charge in [0, 0.05) is 5.02 Å². The highest BCUT2D eigenvalue weighted by Gasteiger charge is 2.38. The number of hydrogen-bond acceptors (Lipinski definition) is 1. The van der Waals surface area contributed by atoms with Gasteiger partial charge in [0.2, 0.25) is 0 Å². The molecule has 1 aromatic carbocycles. The maximum Gasteiger partial charge on any atom is 0.101 e. The van der Waals surface area contributed by atoms with E-state index >= 15 is 0 Å². The summed E-state index contributed by atoms with van der Waals surface area (Å²) in [5.41, 5.74) is 6.61. The summed E-state index contributed by atoms with van der Waals surface area (Å²) in [6.07, 6.45) is 4.24. The fourth-order valence-electron chi connectivity index (χ4n) is 2.48. The first-order valence-corrected chi connectivity index (χ1v) is 5.63. The highest BCUT2D eigenvalue weighted by Crippen LogP contribution is 2.41. The van der Waals surface area contributed by atoms with Crippen molar-refractivity contribution in [1.82, 2.24) is 0 Å². The molecule has 0 atom stereocenters. The Kier molecular flexibility index (Phi) is 4.22. The van der Waals surface area contributed by atoms with E-state index in [9.17, 15) is 0 Å². The van der Waals surface area contributed by atoms with Crippen LogP contribution < -0.4 is 5.73 Å². The molecule has 1 saturated carbocycles. The Hall–Kier alpha value is -0.730. The van der Waals surface area contributed by atoms with Crippen LogP contribution in [-0.4, -0.2) is 5.84 Å². The fraction of sp³-hybridized carbons (Fsp3) is 0.417. The van der Waals surface area contributed by atoms with Crippen molar-refractivity contribution in [2.75, 3.05) is 0 Å². The maximum absolute atomic E-state index is 7.78. The zero-order valence-corrected chi connectivity index (χ0v) is 10.6. The van der Waals surface area contributed by atoms with Crippen LogP contribution in [0.15, 0.2) is 24.3 Å². The molecule has 0 saturated heterocycles. The number of amidine groups is 1. The Balaban J connectivity index is 0.00000128. The van der Waals surface area contributed by atoms with Crippen LogP contribution in [0.4, 0.5) is 0 Å². The zero-order chi connectivity index (χ0) is 10.9. The van der Waals surface area contributed by atoms with Gasteiger partial charge in [0.1, 0.15) is 5.84 Å². The van der Waals surface area contributed by atoms with Crippen LogP contribution in [0, 0.1) is 5.41 Å². The normalized spacial score (nSPS) is 17.8. The third-order valence-corrected chi connectivity index (χ3v) is 3.58. The molecule has 0 radical (unpaired) electrons. The van der Waals surface area contributed by atoms with Gasteiger partial charge in [0.15, 0.2) is 0 Å². The number of nitrogens with one attached hydrogen (secondary N) is 1. The van der Waals surface area contributed by atoms with E-state index in [1.54, 1.807) is 0 Å². The molecular weight excluding hydrogens is 243 g/mol. The third kappa shape index (κ3) is 2.18. The second-order valence-corrected chi connectivity index (χ2v) is 4.65. The van der Waals surface area contributed by atoms with Crippen molar-refractivity contribution in [1.29, 1.82) is 5.41 Å². The minimum atomic E-state index is -0.245. The van der Waals surface area contributed by atoms with Gasteiger partial charge in [0.05, 0.1) is 5.41 Å². The number of benzene rings is 1. The van der Waals surface area contributed by atoms with Crippen molar-refractivity contribution in [3.8, 4) is 0 Å². The SMILES string of the molecule is Cl.N=C(N)C1(c2cccc(Cl)c2)CCCC1. The second-order valence-electron chi connectivity index (χ2n) is 4.21. The Morgan fingerprint density at radius 2 is 1.94 bits per heavy atom. The molecule has 0 amide bonds. The Labute approximate surface area is 107 Å². The average Bonchev–Trinajstić information content (AvgIpc) is 2.67. The van der Waals surface area contributed by atoms with Crippen LogP contribution in [0.1, 0.15) is 31.2 Å². The maximum atomic E-state index is 7.78. The fourth-order valence-corrected chi connectivity index (χ4v) is 2.67. The first-order valence-electron chi connectivity index (χ1n) is 5.26. The predicted molar refractivity (Wildman–Crippen MR) is 70.8 cm³/mol. The first-order chi connectivity index (χ1) is 7.15. The molecule has 1 aliphatic carbocycles. The topological polar surface area (TPSA) is 49.9 Å². The summed E-state index contributed by atoms with van der Waals surface area (Å²) < 4.78 is 0. The molecule has 3 N–H and O–H groups in total. The van der Waals surface area contributed by atoms with Gasteiger partial charge in [-0.1, -0.05) is 36.6 Å². The minimum Gasteiger partial charge on any atom is -0.387 e. The van der Waals surface area contributed by atoms with E-state index in [2.05, 4.69) is 0 Å². The quantitative estimate of drug-likeness (QED) is 0.619. The predicted octanol–water partition coefficient (Wildman–Crippen LogP) is 3.51. The minimum absolute atomic E-state index is 0. The summed E-state index contributed by atoms with van der Waals surface area (Å²) in [6.45, 7) is 0. The molecule has 0 aromatic heterocycles. The highest BCUT2D eigenvalue weighted by atomic mass is 35.5. The van der Waals surface area contributed by atoms with E-state index in [1.165, 1.54) is 0 Å². The van der Waals surface area contributed by atoms with Gasteiger partial charge in [-0.2, -0.15) is 0 Å². The molecule has 0 spiro atoms.